The van der Waals surface area contributed by atoms with Crippen LogP contribution in [0.5, 0.6) is 5.75 Å². The van der Waals surface area contributed by atoms with Crippen molar-refractivity contribution in [3.63, 3.8) is 0 Å². The minimum atomic E-state index is -0.226. The fourth-order valence-corrected chi connectivity index (χ4v) is 2.63. The number of benzene rings is 2. The minimum Gasteiger partial charge on any atom is -0.491 e. The Morgan fingerprint density at radius 2 is 1.75 bits per heavy atom. The Morgan fingerprint density at radius 1 is 1.10 bits per heavy atom. The molecule has 2 aromatic rings. The van der Waals surface area contributed by atoms with Gasteiger partial charge in [-0.05, 0) is 55.3 Å². The van der Waals surface area contributed by atoms with Crippen LogP contribution in [-0.4, -0.2) is 6.10 Å². The number of rotatable bonds is 4. The van der Waals surface area contributed by atoms with Crippen molar-refractivity contribution in [3.05, 3.63) is 63.1 Å². The van der Waals surface area contributed by atoms with E-state index in [9.17, 15) is 0 Å². The summed E-state index contributed by atoms with van der Waals surface area (Å²) in [7, 11) is 0. The predicted molar refractivity (Wildman–Crippen MR) is 87.4 cm³/mol. The van der Waals surface area contributed by atoms with Crippen LogP contribution < -0.4 is 10.5 Å². The van der Waals surface area contributed by atoms with Crippen LogP contribution in [0.1, 0.15) is 31.0 Å². The average Bonchev–Trinajstić information content (AvgIpc) is 2.41. The van der Waals surface area contributed by atoms with Gasteiger partial charge in [0.15, 0.2) is 0 Å². The van der Waals surface area contributed by atoms with Crippen LogP contribution in [0, 0.1) is 0 Å². The van der Waals surface area contributed by atoms with Crippen molar-refractivity contribution in [2.75, 3.05) is 0 Å². The first-order valence-electron chi connectivity index (χ1n) is 6.44. The van der Waals surface area contributed by atoms with E-state index in [1.165, 1.54) is 0 Å². The normalized spacial score (nSPS) is 12.5. The predicted octanol–water partition coefficient (Wildman–Crippen LogP) is 4.94. The second-order valence-electron chi connectivity index (χ2n) is 4.88. The van der Waals surface area contributed by atoms with Crippen molar-refractivity contribution in [1.29, 1.82) is 0 Å². The topological polar surface area (TPSA) is 35.2 Å². The molecule has 0 amide bonds. The van der Waals surface area contributed by atoms with Gasteiger partial charge in [-0.2, -0.15) is 0 Å². The zero-order valence-corrected chi connectivity index (χ0v) is 13.8. The molecule has 0 saturated heterocycles. The molecule has 4 heteroatoms. The standard InChI is InChI=1S/C16H17BrClNO/c1-10(2)20-13-6-3-11(4-7-13)16(19)14-9-12(18)5-8-15(14)17/h3-10,16H,19H2,1-2H3. The van der Waals surface area contributed by atoms with E-state index in [-0.39, 0.29) is 12.1 Å². The quantitative estimate of drug-likeness (QED) is 0.844. The molecule has 1 atom stereocenters. The fourth-order valence-electron chi connectivity index (χ4n) is 1.96. The number of hydrogen-bond acceptors (Lipinski definition) is 2. The average molecular weight is 355 g/mol. The van der Waals surface area contributed by atoms with Crippen LogP contribution in [0.3, 0.4) is 0 Å². The number of hydrogen-bond donors (Lipinski definition) is 1. The molecule has 106 valence electrons. The van der Waals surface area contributed by atoms with Gasteiger partial charge in [0, 0.05) is 9.50 Å². The molecule has 1 unspecified atom stereocenters. The van der Waals surface area contributed by atoms with Crippen molar-refractivity contribution < 1.29 is 4.74 Å². The molecule has 0 aliphatic carbocycles. The molecule has 0 spiro atoms. The molecule has 0 radical (unpaired) electrons. The van der Waals surface area contributed by atoms with Crippen LogP contribution in [0.15, 0.2) is 46.9 Å². The molecule has 20 heavy (non-hydrogen) atoms. The van der Waals surface area contributed by atoms with Gasteiger partial charge >= 0.3 is 0 Å². The highest BCUT2D eigenvalue weighted by molar-refractivity contribution is 9.10. The number of halogens is 2. The zero-order chi connectivity index (χ0) is 14.7. The summed E-state index contributed by atoms with van der Waals surface area (Å²) in [6.07, 6.45) is 0.164. The van der Waals surface area contributed by atoms with Gasteiger partial charge in [0.25, 0.3) is 0 Å². The maximum absolute atomic E-state index is 6.31. The summed E-state index contributed by atoms with van der Waals surface area (Å²) in [5.74, 6) is 0.848. The molecule has 0 aromatic heterocycles. The Labute approximate surface area is 133 Å². The highest BCUT2D eigenvalue weighted by Gasteiger charge is 2.13. The Bertz CT molecular complexity index is 584. The molecule has 0 heterocycles. The highest BCUT2D eigenvalue weighted by atomic mass is 79.9. The SMILES string of the molecule is CC(C)Oc1ccc(C(N)c2cc(Cl)ccc2Br)cc1. The van der Waals surface area contributed by atoms with Crippen LogP contribution in [0.2, 0.25) is 5.02 Å². The third-order valence-electron chi connectivity index (χ3n) is 2.90. The molecule has 0 aliphatic heterocycles. The van der Waals surface area contributed by atoms with Crippen molar-refractivity contribution in [3.8, 4) is 5.75 Å². The second kappa shape index (κ2) is 6.61. The van der Waals surface area contributed by atoms with E-state index in [2.05, 4.69) is 15.9 Å². The van der Waals surface area contributed by atoms with E-state index in [1.807, 2.05) is 56.3 Å². The maximum Gasteiger partial charge on any atom is 0.119 e. The van der Waals surface area contributed by atoms with Crippen molar-refractivity contribution in [1.82, 2.24) is 0 Å². The zero-order valence-electron chi connectivity index (χ0n) is 11.4. The minimum absolute atomic E-state index is 0.164. The lowest BCUT2D eigenvalue weighted by Gasteiger charge is -2.16. The van der Waals surface area contributed by atoms with Gasteiger partial charge in [-0.15, -0.1) is 0 Å². The van der Waals surface area contributed by atoms with Gasteiger partial charge in [-0.3, -0.25) is 0 Å². The Balaban J connectivity index is 2.24. The van der Waals surface area contributed by atoms with Crippen LogP contribution in [0.25, 0.3) is 0 Å². The van der Waals surface area contributed by atoms with E-state index in [1.54, 1.807) is 0 Å². The Morgan fingerprint density at radius 3 is 2.35 bits per heavy atom. The summed E-state index contributed by atoms with van der Waals surface area (Å²) < 4.78 is 6.58. The molecular formula is C16H17BrClNO. The fraction of sp³-hybridized carbons (Fsp3) is 0.250. The number of ether oxygens (including phenoxy) is 1. The van der Waals surface area contributed by atoms with E-state index in [4.69, 9.17) is 22.1 Å². The lowest BCUT2D eigenvalue weighted by Crippen LogP contribution is -2.12. The summed E-state index contributed by atoms with van der Waals surface area (Å²) in [4.78, 5) is 0. The first-order valence-corrected chi connectivity index (χ1v) is 7.61. The second-order valence-corrected chi connectivity index (χ2v) is 6.17. The van der Waals surface area contributed by atoms with Crippen molar-refractivity contribution in [2.45, 2.75) is 26.0 Å². The van der Waals surface area contributed by atoms with Crippen LogP contribution in [-0.2, 0) is 0 Å². The first kappa shape index (κ1) is 15.4. The number of nitrogens with two attached hydrogens (primary N) is 1. The molecule has 0 bridgehead atoms. The highest BCUT2D eigenvalue weighted by Crippen LogP contribution is 2.30. The van der Waals surface area contributed by atoms with E-state index in [0.717, 1.165) is 21.3 Å². The van der Waals surface area contributed by atoms with Gasteiger partial charge in [0.1, 0.15) is 5.75 Å². The van der Waals surface area contributed by atoms with Gasteiger partial charge in [0.05, 0.1) is 12.1 Å². The summed E-state index contributed by atoms with van der Waals surface area (Å²) in [5.41, 5.74) is 8.29. The Kier molecular flexibility index (Phi) is 5.08. The van der Waals surface area contributed by atoms with Gasteiger partial charge in [-0.25, -0.2) is 0 Å². The third-order valence-corrected chi connectivity index (χ3v) is 3.86. The molecule has 0 fully saturated rings. The lowest BCUT2D eigenvalue weighted by atomic mass is 10.00. The van der Waals surface area contributed by atoms with E-state index in [0.29, 0.717) is 5.02 Å². The molecular weight excluding hydrogens is 338 g/mol. The van der Waals surface area contributed by atoms with Gasteiger partial charge in [-0.1, -0.05) is 39.7 Å². The summed E-state index contributed by atoms with van der Waals surface area (Å²) in [5, 5.41) is 0.679. The smallest absolute Gasteiger partial charge is 0.119 e. The van der Waals surface area contributed by atoms with E-state index >= 15 is 0 Å². The van der Waals surface area contributed by atoms with Crippen molar-refractivity contribution >= 4 is 27.5 Å². The van der Waals surface area contributed by atoms with Crippen LogP contribution >= 0.6 is 27.5 Å². The molecule has 2 nitrogen and oxygen atoms in total. The third kappa shape index (κ3) is 3.75. The summed E-state index contributed by atoms with van der Waals surface area (Å²) in [6, 6.07) is 13.2. The largest absolute Gasteiger partial charge is 0.491 e. The molecule has 0 saturated carbocycles. The molecule has 0 aliphatic rings. The summed E-state index contributed by atoms with van der Waals surface area (Å²) in [6.45, 7) is 4.01. The van der Waals surface area contributed by atoms with Crippen LogP contribution in [0.4, 0.5) is 0 Å². The van der Waals surface area contributed by atoms with Crippen molar-refractivity contribution in [2.24, 2.45) is 5.73 Å². The molecule has 2 aromatic carbocycles. The molecule has 2 rings (SSSR count). The van der Waals surface area contributed by atoms with Gasteiger partial charge in [0.2, 0.25) is 0 Å². The molecule has 2 N–H and O–H groups in total. The first-order chi connectivity index (χ1) is 9.47. The monoisotopic (exact) mass is 353 g/mol. The van der Waals surface area contributed by atoms with E-state index < -0.39 is 0 Å². The lowest BCUT2D eigenvalue weighted by molar-refractivity contribution is 0.242. The summed E-state index contributed by atoms with van der Waals surface area (Å²) >= 11 is 9.55. The van der Waals surface area contributed by atoms with Gasteiger partial charge < -0.3 is 10.5 Å². The maximum atomic E-state index is 6.31. The Hall–Kier alpha value is -1.03.